The molecule has 4 heteroatoms. The standard InChI is InChI=1S/C15H20N2OS/c1-3-15(10-18,13-7-5-4-6-8-13)17-9-14-12(2)16-11-19-14/h4-8,11,17-18H,3,9-10H2,1-2H3. The van der Waals surface area contributed by atoms with Gasteiger partial charge in [-0.2, -0.15) is 0 Å². The summed E-state index contributed by atoms with van der Waals surface area (Å²) in [5.41, 5.74) is 3.68. The van der Waals surface area contributed by atoms with Crippen LogP contribution in [0.15, 0.2) is 35.8 Å². The van der Waals surface area contributed by atoms with Crippen molar-refractivity contribution in [3.8, 4) is 0 Å². The first-order valence-electron chi connectivity index (χ1n) is 6.52. The fraction of sp³-hybridized carbons (Fsp3) is 0.400. The molecule has 2 aromatic rings. The highest BCUT2D eigenvalue weighted by Gasteiger charge is 2.29. The molecule has 102 valence electrons. The largest absolute Gasteiger partial charge is 0.394 e. The lowest BCUT2D eigenvalue weighted by Crippen LogP contribution is -2.44. The van der Waals surface area contributed by atoms with Crippen LogP contribution in [0.2, 0.25) is 0 Å². The minimum atomic E-state index is -0.377. The number of nitrogens with zero attached hydrogens (tertiary/aromatic N) is 1. The quantitative estimate of drug-likeness (QED) is 0.853. The van der Waals surface area contributed by atoms with Crippen molar-refractivity contribution in [2.45, 2.75) is 32.4 Å². The van der Waals surface area contributed by atoms with Crippen molar-refractivity contribution < 1.29 is 5.11 Å². The maximum Gasteiger partial charge on any atom is 0.0798 e. The Balaban J connectivity index is 2.18. The number of aliphatic hydroxyl groups excluding tert-OH is 1. The lowest BCUT2D eigenvalue weighted by atomic mass is 9.88. The van der Waals surface area contributed by atoms with E-state index in [1.807, 2.05) is 30.6 Å². The van der Waals surface area contributed by atoms with Crippen LogP contribution in [-0.4, -0.2) is 16.7 Å². The number of nitrogens with one attached hydrogen (secondary N) is 1. The van der Waals surface area contributed by atoms with Gasteiger partial charge < -0.3 is 10.4 Å². The van der Waals surface area contributed by atoms with E-state index in [4.69, 9.17) is 0 Å². The van der Waals surface area contributed by atoms with E-state index < -0.39 is 0 Å². The molecule has 1 heterocycles. The van der Waals surface area contributed by atoms with Crippen LogP contribution in [0.1, 0.15) is 29.5 Å². The SMILES string of the molecule is CCC(CO)(NCc1scnc1C)c1ccccc1. The van der Waals surface area contributed by atoms with Crippen molar-refractivity contribution in [3.05, 3.63) is 52.0 Å². The van der Waals surface area contributed by atoms with Crippen LogP contribution < -0.4 is 5.32 Å². The first-order valence-corrected chi connectivity index (χ1v) is 7.40. The zero-order chi connectivity index (χ0) is 13.7. The van der Waals surface area contributed by atoms with Crippen molar-refractivity contribution in [2.75, 3.05) is 6.61 Å². The summed E-state index contributed by atoms with van der Waals surface area (Å²) in [6, 6.07) is 10.1. The first kappa shape index (κ1) is 14.2. The van der Waals surface area contributed by atoms with Gasteiger partial charge in [-0.15, -0.1) is 11.3 Å². The van der Waals surface area contributed by atoms with Crippen LogP contribution in [-0.2, 0) is 12.1 Å². The van der Waals surface area contributed by atoms with Gasteiger partial charge in [0.1, 0.15) is 0 Å². The molecular weight excluding hydrogens is 256 g/mol. The van der Waals surface area contributed by atoms with Crippen molar-refractivity contribution >= 4 is 11.3 Å². The second-order valence-corrected chi connectivity index (χ2v) is 5.61. The van der Waals surface area contributed by atoms with Gasteiger partial charge in [-0.1, -0.05) is 37.3 Å². The van der Waals surface area contributed by atoms with Crippen LogP contribution in [0.25, 0.3) is 0 Å². The molecule has 1 unspecified atom stereocenters. The Morgan fingerprint density at radius 1 is 1.32 bits per heavy atom. The Hall–Kier alpha value is -1.23. The predicted octanol–water partition coefficient (Wildman–Crippen LogP) is 2.84. The Morgan fingerprint density at radius 2 is 2.05 bits per heavy atom. The predicted molar refractivity (Wildman–Crippen MR) is 79.2 cm³/mol. The van der Waals surface area contributed by atoms with Gasteiger partial charge in [-0.25, -0.2) is 4.98 Å². The average molecular weight is 276 g/mol. The highest BCUT2D eigenvalue weighted by molar-refractivity contribution is 7.09. The molecule has 0 bridgehead atoms. The van der Waals surface area contributed by atoms with Gasteiger partial charge in [0, 0.05) is 11.4 Å². The van der Waals surface area contributed by atoms with Crippen LogP contribution in [0.3, 0.4) is 0 Å². The minimum Gasteiger partial charge on any atom is -0.394 e. The van der Waals surface area contributed by atoms with Crippen molar-refractivity contribution in [1.29, 1.82) is 0 Å². The first-order chi connectivity index (χ1) is 9.22. The molecule has 0 spiro atoms. The zero-order valence-electron chi connectivity index (χ0n) is 11.4. The molecule has 0 radical (unpaired) electrons. The summed E-state index contributed by atoms with van der Waals surface area (Å²) in [5.74, 6) is 0. The number of aromatic nitrogens is 1. The number of aryl methyl sites for hydroxylation is 1. The van der Waals surface area contributed by atoms with Gasteiger partial charge in [0.2, 0.25) is 0 Å². The fourth-order valence-electron chi connectivity index (χ4n) is 2.19. The third kappa shape index (κ3) is 3.03. The molecule has 1 atom stereocenters. The smallest absolute Gasteiger partial charge is 0.0798 e. The number of thiazole rings is 1. The van der Waals surface area contributed by atoms with E-state index in [2.05, 4.69) is 29.4 Å². The summed E-state index contributed by atoms with van der Waals surface area (Å²) >= 11 is 1.65. The lowest BCUT2D eigenvalue weighted by molar-refractivity contribution is 0.154. The molecule has 0 fully saturated rings. The van der Waals surface area contributed by atoms with E-state index in [0.717, 1.165) is 24.2 Å². The topological polar surface area (TPSA) is 45.1 Å². The Kier molecular flexibility index (Phi) is 4.69. The molecule has 2 N–H and O–H groups in total. The lowest BCUT2D eigenvalue weighted by Gasteiger charge is -2.32. The number of aliphatic hydroxyl groups is 1. The molecule has 0 aliphatic heterocycles. The maximum atomic E-state index is 9.85. The summed E-state index contributed by atoms with van der Waals surface area (Å²) in [5, 5.41) is 13.4. The maximum absolute atomic E-state index is 9.85. The molecule has 0 saturated heterocycles. The summed E-state index contributed by atoms with van der Waals surface area (Å²) in [6.07, 6.45) is 0.839. The monoisotopic (exact) mass is 276 g/mol. The van der Waals surface area contributed by atoms with Gasteiger partial charge in [0.25, 0.3) is 0 Å². The molecule has 0 amide bonds. The highest BCUT2D eigenvalue weighted by atomic mass is 32.1. The summed E-state index contributed by atoms with van der Waals surface area (Å²) < 4.78 is 0. The van der Waals surface area contributed by atoms with E-state index >= 15 is 0 Å². The Bertz CT molecular complexity index is 506. The van der Waals surface area contributed by atoms with Crippen molar-refractivity contribution in [2.24, 2.45) is 0 Å². The minimum absolute atomic E-state index is 0.0887. The molecule has 19 heavy (non-hydrogen) atoms. The summed E-state index contributed by atoms with van der Waals surface area (Å²) in [6.45, 7) is 4.93. The molecule has 1 aromatic heterocycles. The van der Waals surface area contributed by atoms with E-state index in [0.29, 0.717) is 0 Å². The molecular formula is C15H20N2OS. The molecule has 2 rings (SSSR count). The van der Waals surface area contributed by atoms with Crippen molar-refractivity contribution in [3.63, 3.8) is 0 Å². The van der Waals surface area contributed by atoms with Crippen LogP contribution in [0, 0.1) is 6.92 Å². The summed E-state index contributed by atoms with van der Waals surface area (Å²) in [7, 11) is 0. The second-order valence-electron chi connectivity index (χ2n) is 4.67. The normalized spacial score (nSPS) is 14.3. The average Bonchev–Trinajstić information content (AvgIpc) is 2.87. The number of hydrogen-bond donors (Lipinski definition) is 2. The highest BCUT2D eigenvalue weighted by Crippen LogP contribution is 2.25. The molecule has 0 saturated carbocycles. The number of benzene rings is 1. The van der Waals surface area contributed by atoms with Crippen LogP contribution >= 0.6 is 11.3 Å². The number of hydrogen-bond acceptors (Lipinski definition) is 4. The third-order valence-electron chi connectivity index (χ3n) is 3.63. The van der Waals surface area contributed by atoms with Gasteiger partial charge in [0.05, 0.1) is 23.4 Å². The van der Waals surface area contributed by atoms with Gasteiger partial charge in [-0.3, -0.25) is 0 Å². The fourth-order valence-corrected chi connectivity index (χ4v) is 2.91. The van der Waals surface area contributed by atoms with Gasteiger partial charge in [-0.05, 0) is 18.9 Å². The van der Waals surface area contributed by atoms with Crippen molar-refractivity contribution in [1.82, 2.24) is 10.3 Å². The van der Waals surface area contributed by atoms with Gasteiger partial charge >= 0.3 is 0 Å². The Morgan fingerprint density at radius 3 is 2.58 bits per heavy atom. The molecule has 3 nitrogen and oxygen atoms in total. The summed E-state index contributed by atoms with van der Waals surface area (Å²) in [4.78, 5) is 5.48. The van der Waals surface area contributed by atoms with E-state index in [1.54, 1.807) is 11.3 Å². The van der Waals surface area contributed by atoms with Gasteiger partial charge in [0.15, 0.2) is 0 Å². The third-order valence-corrected chi connectivity index (χ3v) is 4.57. The second kappa shape index (κ2) is 6.28. The molecule has 1 aromatic carbocycles. The van der Waals surface area contributed by atoms with Crippen LogP contribution in [0.4, 0.5) is 0 Å². The van der Waals surface area contributed by atoms with E-state index in [-0.39, 0.29) is 12.1 Å². The molecule has 0 aliphatic rings. The zero-order valence-corrected chi connectivity index (χ0v) is 12.2. The van der Waals surface area contributed by atoms with Crippen LogP contribution in [0.5, 0.6) is 0 Å². The van der Waals surface area contributed by atoms with E-state index in [1.165, 1.54) is 4.88 Å². The Labute approximate surface area is 118 Å². The number of rotatable bonds is 6. The molecule has 0 aliphatic carbocycles. The van der Waals surface area contributed by atoms with E-state index in [9.17, 15) is 5.11 Å².